The van der Waals surface area contributed by atoms with Crippen molar-refractivity contribution in [1.82, 2.24) is 0 Å². The van der Waals surface area contributed by atoms with Crippen molar-refractivity contribution in [2.45, 2.75) is 6.92 Å². The lowest BCUT2D eigenvalue weighted by atomic mass is 10.3. The van der Waals surface area contributed by atoms with Crippen molar-refractivity contribution in [2.75, 3.05) is 26.1 Å². The summed E-state index contributed by atoms with van der Waals surface area (Å²) >= 11 is 5.92. The quantitative estimate of drug-likeness (QED) is 0.718. The molecule has 1 aromatic rings. The molecule has 0 saturated carbocycles. The molecule has 0 N–H and O–H groups in total. The minimum absolute atomic E-state index is 0.642. The first-order valence-electron chi connectivity index (χ1n) is 4.45. The van der Waals surface area contributed by atoms with E-state index in [1.54, 1.807) is 14.0 Å². The lowest BCUT2D eigenvalue weighted by Crippen LogP contribution is -2.08. The molecule has 15 heavy (non-hydrogen) atoms. The average molecular weight is 226 g/mol. The third-order valence-corrected chi connectivity index (χ3v) is 1.95. The van der Waals surface area contributed by atoms with Crippen molar-refractivity contribution in [1.29, 1.82) is 0 Å². The molecule has 0 amide bonds. The monoisotopic (exact) mass is 225 g/mol. The molecule has 82 valence electrons. The third-order valence-electron chi connectivity index (χ3n) is 1.65. The Morgan fingerprint density at radius 3 is 2.27 bits per heavy atom. The highest BCUT2D eigenvalue weighted by molar-refractivity contribution is 6.32. The summed E-state index contributed by atoms with van der Waals surface area (Å²) in [5.74, 6) is 2.96. The molecule has 1 aromatic carbocycles. The van der Waals surface area contributed by atoms with Gasteiger partial charge in [0, 0.05) is 19.8 Å². The molecule has 0 aliphatic heterocycles. The van der Waals surface area contributed by atoms with Gasteiger partial charge in [0.2, 0.25) is 0 Å². The van der Waals surface area contributed by atoms with Crippen LogP contribution in [0.4, 0.5) is 5.69 Å². The van der Waals surface area contributed by atoms with Gasteiger partial charge in [-0.05, 0) is 25.1 Å². The molecular formula is C12H16ClNO. The Morgan fingerprint density at radius 1 is 1.40 bits per heavy atom. The number of hydrogen-bond acceptors (Lipinski definition) is 2. The van der Waals surface area contributed by atoms with Crippen molar-refractivity contribution in [2.24, 2.45) is 0 Å². The maximum absolute atomic E-state index is 5.92. The fourth-order valence-corrected chi connectivity index (χ4v) is 1.19. The van der Waals surface area contributed by atoms with Crippen molar-refractivity contribution < 1.29 is 4.74 Å². The van der Waals surface area contributed by atoms with Crippen LogP contribution in [-0.4, -0.2) is 21.2 Å². The highest BCUT2D eigenvalue weighted by Gasteiger charge is 2.01. The average Bonchev–Trinajstić information content (AvgIpc) is 2.18. The Morgan fingerprint density at radius 2 is 1.93 bits per heavy atom. The van der Waals surface area contributed by atoms with Crippen LogP contribution in [0.25, 0.3) is 0 Å². The highest BCUT2D eigenvalue weighted by Crippen LogP contribution is 2.27. The molecular weight excluding hydrogens is 210 g/mol. The molecule has 1 rings (SSSR count). The fraction of sp³-hybridized carbons (Fsp3) is 0.333. The van der Waals surface area contributed by atoms with E-state index in [1.165, 1.54) is 0 Å². The minimum Gasteiger partial charge on any atom is -0.495 e. The second-order valence-electron chi connectivity index (χ2n) is 3.00. The van der Waals surface area contributed by atoms with Gasteiger partial charge in [0.05, 0.1) is 12.1 Å². The molecule has 0 aliphatic carbocycles. The van der Waals surface area contributed by atoms with Gasteiger partial charge in [0.25, 0.3) is 0 Å². The lowest BCUT2D eigenvalue weighted by Gasteiger charge is -2.13. The van der Waals surface area contributed by atoms with Crippen LogP contribution in [-0.2, 0) is 0 Å². The van der Waals surface area contributed by atoms with Gasteiger partial charge in [-0.2, -0.15) is 0 Å². The summed E-state index contributed by atoms with van der Waals surface area (Å²) in [5.41, 5.74) is 1.07. The van der Waals surface area contributed by atoms with Gasteiger partial charge in [-0.25, -0.2) is 0 Å². The summed E-state index contributed by atoms with van der Waals surface area (Å²) < 4.78 is 5.03. The molecule has 0 bridgehead atoms. The van der Waals surface area contributed by atoms with E-state index in [-0.39, 0.29) is 0 Å². The summed E-state index contributed by atoms with van der Waals surface area (Å²) in [6, 6.07) is 5.70. The summed E-state index contributed by atoms with van der Waals surface area (Å²) in [6.45, 7) is 1.65. The molecule has 0 saturated heterocycles. The first kappa shape index (κ1) is 13.7. The van der Waals surface area contributed by atoms with Crippen LogP contribution in [0.15, 0.2) is 18.2 Å². The maximum Gasteiger partial charge on any atom is 0.137 e. The zero-order chi connectivity index (χ0) is 11.8. The predicted octanol–water partition coefficient (Wildman–Crippen LogP) is 3.05. The minimum atomic E-state index is 0.642. The van der Waals surface area contributed by atoms with E-state index in [0.29, 0.717) is 10.8 Å². The molecule has 0 heterocycles. The number of benzene rings is 1. The van der Waals surface area contributed by atoms with Crippen molar-refractivity contribution in [3.05, 3.63) is 23.2 Å². The molecule has 0 unspecified atom stereocenters. The van der Waals surface area contributed by atoms with Crippen LogP contribution in [0.3, 0.4) is 0 Å². The number of nitrogens with zero attached hydrogens (tertiary/aromatic N) is 1. The Labute approximate surface area is 96.8 Å². The SMILES string of the molecule is C#CC.COc1ccc(N(C)C)cc1Cl. The molecule has 0 spiro atoms. The largest absolute Gasteiger partial charge is 0.495 e. The van der Waals surface area contributed by atoms with Crippen molar-refractivity contribution in [3.8, 4) is 18.1 Å². The standard InChI is InChI=1S/C9H12ClNO.C3H4/c1-11(2)7-4-5-9(12-3)8(10)6-7;1-3-2/h4-6H,1-3H3;1H,2H3. The Bertz CT molecular complexity index is 342. The summed E-state index contributed by atoms with van der Waals surface area (Å²) in [4.78, 5) is 1.99. The number of hydrogen-bond donors (Lipinski definition) is 0. The maximum atomic E-state index is 5.92. The van der Waals surface area contributed by atoms with E-state index in [2.05, 4.69) is 12.3 Å². The summed E-state index contributed by atoms with van der Waals surface area (Å²) in [5, 5.41) is 0.642. The Hall–Kier alpha value is -1.33. The molecule has 0 radical (unpaired) electrons. The predicted molar refractivity (Wildman–Crippen MR) is 66.8 cm³/mol. The van der Waals surface area contributed by atoms with Crippen LogP contribution < -0.4 is 9.64 Å². The zero-order valence-electron chi connectivity index (χ0n) is 9.54. The van der Waals surface area contributed by atoms with Crippen LogP contribution in [0.1, 0.15) is 6.92 Å². The number of terminal acetylenes is 1. The van der Waals surface area contributed by atoms with Gasteiger partial charge in [-0.15, -0.1) is 12.3 Å². The second-order valence-corrected chi connectivity index (χ2v) is 3.41. The molecule has 0 atom stereocenters. The highest BCUT2D eigenvalue weighted by atomic mass is 35.5. The topological polar surface area (TPSA) is 12.5 Å². The van der Waals surface area contributed by atoms with Crippen molar-refractivity contribution >= 4 is 17.3 Å². The molecule has 0 aliphatic rings. The Balaban J connectivity index is 0.000000583. The van der Waals surface area contributed by atoms with Crippen LogP contribution in [0.5, 0.6) is 5.75 Å². The number of methoxy groups -OCH3 is 1. The van der Waals surface area contributed by atoms with E-state index >= 15 is 0 Å². The van der Waals surface area contributed by atoms with Gasteiger partial charge in [0.15, 0.2) is 0 Å². The van der Waals surface area contributed by atoms with E-state index in [9.17, 15) is 0 Å². The summed E-state index contributed by atoms with van der Waals surface area (Å²) in [7, 11) is 5.55. The number of ether oxygens (including phenoxy) is 1. The molecule has 3 heteroatoms. The van der Waals surface area contributed by atoms with Gasteiger partial charge in [-0.3, -0.25) is 0 Å². The number of halogens is 1. The van der Waals surface area contributed by atoms with Crippen LogP contribution in [0.2, 0.25) is 5.02 Å². The van der Waals surface area contributed by atoms with Gasteiger partial charge in [0.1, 0.15) is 5.75 Å². The van der Waals surface area contributed by atoms with Gasteiger partial charge < -0.3 is 9.64 Å². The first-order chi connectivity index (χ1) is 7.06. The molecule has 0 fully saturated rings. The Kier molecular flexibility index (Phi) is 6.40. The van der Waals surface area contributed by atoms with Crippen LogP contribution in [0, 0.1) is 12.3 Å². The third kappa shape index (κ3) is 4.62. The van der Waals surface area contributed by atoms with Crippen LogP contribution >= 0.6 is 11.6 Å². The van der Waals surface area contributed by atoms with E-state index in [0.717, 1.165) is 5.69 Å². The number of rotatable bonds is 2. The van der Waals surface area contributed by atoms with Crippen molar-refractivity contribution in [3.63, 3.8) is 0 Å². The smallest absolute Gasteiger partial charge is 0.137 e. The number of anilines is 1. The summed E-state index contributed by atoms with van der Waals surface area (Å²) in [6.07, 6.45) is 4.60. The van der Waals surface area contributed by atoms with Gasteiger partial charge >= 0.3 is 0 Å². The van der Waals surface area contributed by atoms with Gasteiger partial charge in [-0.1, -0.05) is 11.6 Å². The first-order valence-corrected chi connectivity index (χ1v) is 4.82. The van der Waals surface area contributed by atoms with E-state index in [4.69, 9.17) is 16.3 Å². The van der Waals surface area contributed by atoms with E-state index in [1.807, 2.05) is 37.2 Å². The molecule has 2 nitrogen and oxygen atoms in total. The normalized spacial score (nSPS) is 8.27. The van der Waals surface area contributed by atoms with E-state index < -0.39 is 0 Å². The fourth-order valence-electron chi connectivity index (χ4n) is 0.933. The second kappa shape index (κ2) is 7.03. The molecule has 0 aromatic heterocycles. The zero-order valence-corrected chi connectivity index (χ0v) is 10.3. The lowest BCUT2D eigenvalue weighted by molar-refractivity contribution is 0.415.